The maximum atomic E-state index is 12.8. The van der Waals surface area contributed by atoms with Gasteiger partial charge in [0.05, 0.1) is 12.6 Å². The summed E-state index contributed by atoms with van der Waals surface area (Å²) in [6.45, 7) is 7.09. The first-order valence-electron chi connectivity index (χ1n) is 11.1. The van der Waals surface area contributed by atoms with Crippen LogP contribution in [0.5, 0.6) is 5.75 Å². The van der Waals surface area contributed by atoms with Crippen LogP contribution in [0.3, 0.4) is 0 Å². The minimum Gasteiger partial charge on any atom is -0.490 e. The van der Waals surface area contributed by atoms with Crippen molar-refractivity contribution in [1.29, 1.82) is 0 Å². The monoisotopic (exact) mass is 511 g/mol. The van der Waals surface area contributed by atoms with Crippen LogP contribution >= 0.6 is 15.9 Å². The van der Waals surface area contributed by atoms with Gasteiger partial charge in [0, 0.05) is 47.5 Å². The van der Waals surface area contributed by atoms with E-state index in [2.05, 4.69) is 26.6 Å². The van der Waals surface area contributed by atoms with Crippen molar-refractivity contribution in [3.05, 3.63) is 28.2 Å². The molecule has 1 fully saturated rings. The lowest BCUT2D eigenvalue weighted by molar-refractivity contribution is -0.137. The molecule has 178 valence electrons. The second kappa shape index (κ2) is 10.5. The van der Waals surface area contributed by atoms with Crippen LogP contribution in [-0.2, 0) is 16.1 Å². The van der Waals surface area contributed by atoms with E-state index in [-0.39, 0.29) is 42.8 Å². The molecule has 0 unspecified atom stereocenters. The number of piperidine rings is 1. The van der Waals surface area contributed by atoms with Crippen molar-refractivity contribution < 1.29 is 24.5 Å². The van der Waals surface area contributed by atoms with Crippen LogP contribution in [0.15, 0.2) is 22.7 Å². The van der Waals surface area contributed by atoms with Crippen LogP contribution < -0.4 is 15.4 Å². The molecule has 0 spiro atoms. The zero-order valence-electron chi connectivity index (χ0n) is 18.9. The van der Waals surface area contributed by atoms with Gasteiger partial charge in [0.15, 0.2) is 0 Å². The highest BCUT2D eigenvalue weighted by molar-refractivity contribution is 9.10. The lowest BCUT2D eigenvalue weighted by Crippen LogP contribution is -2.53. The van der Waals surface area contributed by atoms with Crippen molar-refractivity contribution in [3.8, 4) is 5.75 Å². The quantitative estimate of drug-likeness (QED) is 0.477. The highest BCUT2D eigenvalue weighted by Crippen LogP contribution is 2.32. The Morgan fingerprint density at radius 3 is 2.78 bits per heavy atom. The zero-order chi connectivity index (χ0) is 23.5. The molecule has 4 N–H and O–H groups in total. The van der Waals surface area contributed by atoms with E-state index in [0.29, 0.717) is 31.8 Å². The van der Waals surface area contributed by atoms with Crippen molar-refractivity contribution in [2.75, 3.05) is 26.2 Å². The molecule has 0 aliphatic carbocycles. The van der Waals surface area contributed by atoms with Gasteiger partial charge in [0.1, 0.15) is 18.5 Å². The molecule has 1 saturated heterocycles. The number of benzene rings is 1. The van der Waals surface area contributed by atoms with Crippen LogP contribution in [0.2, 0.25) is 0 Å². The number of ether oxygens (including phenoxy) is 1. The third-order valence-electron chi connectivity index (χ3n) is 5.98. The lowest BCUT2D eigenvalue weighted by atomic mass is 9.78. The van der Waals surface area contributed by atoms with Gasteiger partial charge in [-0.25, -0.2) is 0 Å². The molecule has 0 radical (unpaired) electrons. The second-order valence-electron chi connectivity index (χ2n) is 9.78. The van der Waals surface area contributed by atoms with E-state index in [4.69, 9.17) is 4.74 Å². The number of halogens is 1. The van der Waals surface area contributed by atoms with Crippen molar-refractivity contribution in [2.45, 2.75) is 57.9 Å². The largest absolute Gasteiger partial charge is 0.490 e. The summed E-state index contributed by atoms with van der Waals surface area (Å²) in [4.78, 5) is 27.1. The van der Waals surface area contributed by atoms with E-state index < -0.39 is 18.1 Å². The number of rotatable bonds is 2. The van der Waals surface area contributed by atoms with Gasteiger partial charge in [-0.2, -0.15) is 0 Å². The van der Waals surface area contributed by atoms with E-state index in [1.807, 2.05) is 32.9 Å². The first kappa shape index (κ1) is 25.0. The molecule has 2 aliphatic heterocycles. The molecule has 9 heteroatoms. The van der Waals surface area contributed by atoms with Crippen LogP contribution in [0.25, 0.3) is 0 Å². The predicted octanol–water partition coefficient (Wildman–Crippen LogP) is 1.42. The van der Waals surface area contributed by atoms with Crippen molar-refractivity contribution >= 4 is 27.7 Å². The first-order valence-corrected chi connectivity index (χ1v) is 11.9. The summed E-state index contributed by atoms with van der Waals surface area (Å²) in [7, 11) is 0. The lowest BCUT2D eigenvalue weighted by Gasteiger charge is -2.42. The Bertz CT molecular complexity index is 828. The number of hydrogen-bond donors (Lipinski definition) is 4. The minimum atomic E-state index is -1.14. The average Bonchev–Trinajstić information content (AvgIpc) is 2.71. The average molecular weight is 512 g/mol. The molecule has 2 heterocycles. The van der Waals surface area contributed by atoms with Gasteiger partial charge in [-0.05, 0) is 51.3 Å². The molecule has 3 rings (SSSR count). The zero-order valence-corrected chi connectivity index (χ0v) is 20.5. The normalized spacial score (nSPS) is 27.3. The molecule has 8 nitrogen and oxygen atoms in total. The number of aliphatic hydroxyl groups is 2. The fourth-order valence-electron chi connectivity index (χ4n) is 4.41. The summed E-state index contributed by atoms with van der Waals surface area (Å²) >= 11 is 3.44. The first-order chi connectivity index (χ1) is 15.0. The highest BCUT2D eigenvalue weighted by atomic mass is 79.9. The Hall–Kier alpha value is -1.68. The molecule has 4 atom stereocenters. The smallest absolute Gasteiger partial charge is 0.236 e. The summed E-state index contributed by atoms with van der Waals surface area (Å²) in [6, 6.07) is 5.54. The Morgan fingerprint density at radius 2 is 2.06 bits per heavy atom. The Balaban J connectivity index is 1.80. The molecule has 2 aliphatic rings. The van der Waals surface area contributed by atoms with Crippen molar-refractivity contribution in [3.63, 3.8) is 0 Å². The molecule has 2 bridgehead atoms. The summed E-state index contributed by atoms with van der Waals surface area (Å²) in [5.41, 5.74) is 0.501. The number of aliphatic hydroxyl groups excluding tert-OH is 2. The van der Waals surface area contributed by atoms with E-state index >= 15 is 0 Å². The predicted molar refractivity (Wildman–Crippen MR) is 124 cm³/mol. The summed E-state index contributed by atoms with van der Waals surface area (Å²) < 4.78 is 6.72. The maximum absolute atomic E-state index is 12.8. The standard InChI is InChI=1S/C23H34BrN3O5/c1-23(2,3)26-20(29)9-14-6-7-27-12-17(14)22(31)18(28)13-32-19-5-4-16(24)8-15(19)10-25-11-21(27)30/h4-5,8,14,17-18,22,25,28,31H,6-7,9-13H2,1-3H3,(H,26,29)/t14-,17-,18-,22+/m0/s1. The molecule has 1 aromatic carbocycles. The third kappa shape index (κ3) is 6.66. The molecule has 1 aromatic rings. The Morgan fingerprint density at radius 1 is 1.31 bits per heavy atom. The summed E-state index contributed by atoms with van der Waals surface area (Å²) in [6.07, 6.45) is -1.44. The van der Waals surface area contributed by atoms with Gasteiger partial charge >= 0.3 is 0 Å². The number of hydrogen-bond acceptors (Lipinski definition) is 6. The number of amides is 2. The van der Waals surface area contributed by atoms with Gasteiger partial charge in [-0.3, -0.25) is 9.59 Å². The number of nitrogens with one attached hydrogen (secondary N) is 2. The molecular formula is C23H34BrN3O5. The van der Waals surface area contributed by atoms with Gasteiger partial charge in [0.2, 0.25) is 11.8 Å². The number of carbonyl (C=O) groups is 2. The molecule has 0 saturated carbocycles. The minimum absolute atomic E-state index is 0.0639. The van der Waals surface area contributed by atoms with E-state index in [0.717, 1.165) is 10.0 Å². The summed E-state index contributed by atoms with van der Waals surface area (Å²) in [5, 5.41) is 27.9. The van der Waals surface area contributed by atoms with Crippen molar-refractivity contribution in [1.82, 2.24) is 15.5 Å². The van der Waals surface area contributed by atoms with Crippen LogP contribution in [-0.4, -0.2) is 70.9 Å². The number of nitrogens with zero attached hydrogens (tertiary/aromatic N) is 1. The Kier molecular flexibility index (Phi) is 8.19. The molecular weight excluding hydrogens is 478 g/mol. The molecule has 0 aromatic heterocycles. The summed E-state index contributed by atoms with van der Waals surface area (Å²) in [5.74, 6) is -0.145. The fraction of sp³-hybridized carbons (Fsp3) is 0.652. The molecule has 32 heavy (non-hydrogen) atoms. The van der Waals surface area contributed by atoms with Crippen LogP contribution in [0.1, 0.15) is 39.2 Å². The SMILES string of the molecule is CC(C)(C)NC(=O)C[C@@H]1CCN2C[C@@H]1[C@@H](O)[C@@H](O)COc1ccc(Br)cc1CNCC2=O. The topological polar surface area (TPSA) is 111 Å². The number of carbonyl (C=O) groups excluding carboxylic acids is 2. The van der Waals surface area contributed by atoms with Crippen LogP contribution in [0.4, 0.5) is 0 Å². The van der Waals surface area contributed by atoms with Crippen LogP contribution in [0, 0.1) is 11.8 Å². The van der Waals surface area contributed by atoms with Gasteiger partial charge in [-0.1, -0.05) is 15.9 Å². The third-order valence-corrected chi connectivity index (χ3v) is 6.47. The maximum Gasteiger partial charge on any atom is 0.236 e. The second-order valence-corrected chi connectivity index (χ2v) is 10.7. The van der Waals surface area contributed by atoms with Gasteiger partial charge < -0.3 is 30.5 Å². The van der Waals surface area contributed by atoms with Gasteiger partial charge in [0.25, 0.3) is 0 Å². The van der Waals surface area contributed by atoms with Crippen molar-refractivity contribution in [2.24, 2.45) is 11.8 Å². The fourth-order valence-corrected chi connectivity index (χ4v) is 4.82. The highest BCUT2D eigenvalue weighted by Gasteiger charge is 2.40. The van der Waals surface area contributed by atoms with Gasteiger partial charge in [-0.15, -0.1) is 0 Å². The Labute approximate surface area is 197 Å². The van der Waals surface area contributed by atoms with E-state index in [1.165, 1.54) is 0 Å². The van der Waals surface area contributed by atoms with E-state index in [1.54, 1.807) is 11.0 Å². The molecule has 2 amide bonds. The number of fused-ring (bicyclic) bond motifs is 3. The van der Waals surface area contributed by atoms with E-state index in [9.17, 15) is 19.8 Å².